The summed E-state index contributed by atoms with van der Waals surface area (Å²) >= 11 is 0. The van der Waals surface area contributed by atoms with Crippen LogP contribution in [0.1, 0.15) is 45.2 Å². The Morgan fingerprint density at radius 3 is 2.58 bits per heavy atom. The quantitative estimate of drug-likeness (QED) is 0.278. The first-order chi connectivity index (χ1) is 20.1. The zero-order valence-electron chi connectivity index (χ0n) is 24.2. The molecule has 230 valence electrons. The van der Waals surface area contributed by atoms with Crippen LogP contribution in [0, 0.1) is 17.2 Å². The molecule has 1 aliphatic carbocycles. The molecule has 1 fully saturated rings. The second kappa shape index (κ2) is 12.3. The van der Waals surface area contributed by atoms with E-state index in [2.05, 4.69) is 25.9 Å². The number of benzene rings is 1. The van der Waals surface area contributed by atoms with Crippen LogP contribution in [0.2, 0.25) is 0 Å². The number of nitrogens with one attached hydrogen (secondary N) is 4. The zero-order chi connectivity index (χ0) is 31.5. The number of nitrogen functional groups attached to an aromatic ring is 1. The molecule has 0 bridgehead atoms. The summed E-state index contributed by atoms with van der Waals surface area (Å²) in [6, 6.07) is 3.49. The number of aromatic nitrogens is 2. The second-order valence-electron chi connectivity index (χ2n) is 11.5. The van der Waals surface area contributed by atoms with Gasteiger partial charge in [0.15, 0.2) is 0 Å². The van der Waals surface area contributed by atoms with Gasteiger partial charge in [-0.15, -0.1) is 0 Å². The summed E-state index contributed by atoms with van der Waals surface area (Å²) in [4.78, 5) is 35.0. The van der Waals surface area contributed by atoms with Gasteiger partial charge in [-0.05, 0) is 57.4 Å². The van der Waals surface area contributed by atoms with Crippen LogP contribution in [0.15, 0.2) is 54.5 Å². The second-order valence-corrected chi connectivity index (χ2v) is 11.5. The van der Waals surface area contributed by atoms with Gasteiger partial charge in [-0.25, -0.2) is 19.6 Å². The van der Waals surface area contributed by atoms with E-state index in [-0.39, 0.29) is 29.2 Å². The van der Waals surface area contributed by atoms with Gasteiger partial charge >= 0.3 is 18.3 Å². The molecule has 43 heavy (non-hydrogen) atoms. The van der Waals surface area contributed by atoms with Crippen molar-refractivity contribution in [2.45, 2.75) is 51.9 Å². The van der Waals surface area contributed by atoms with Gasteiger partial charge in [0.25, 0.3) is 0 Å². The van der Waals surface area contributed by atoms with Gasteiger partial charge in [-0.2, -0.15) is 13.2 Å². The van der Waals surface area contributed by atoms with Crippen molar-refractivity contribution in [3.63, 3.8) is 0 Å². The van der Waals surface area contributed by atoms with E-state index in [1.54, 1.807) is 23.1 Å². The van der Waals surface area contributed by atoms with Gasteiger partial charge in [0, 0.05) is 36.4 Å². The third-order valence-electron chi connectivity index (χ3n) is 6.86. The number of carbonyl (C=O) groups is 2. The fourth-order valence-electron chi connectivity index (χ4n) is 4.84. The molecule has 14 heteroatoms. The highest BCUT2D eigenvalue weighted by Gasteiger charge is 2.33. The molecule has 2 unspecified atom stereocenters. The molecule has 0 spiro atoms. The molecule has 1 saturated heterocycles. The highest BCUT2D eigenvalue weighted by molar-refractivity contribution is 6.08. The molecular weight excluding hydrogens is 565 g/mol. The van der Waals surface area contributed by atoms with Crippen molar-refractivity contribution in [2.75, 3.05) is 29.5 Å². The summed E-state index contributed by atoms with van der Waals surface area (Å²) in [5.41, 5.74) is 5.65. The molecule has 2 heterocycles. The minimum absolute atomic E-state index is 0.00326. The molecule has 1 aliphatic heterocycles. The smallest absolute Gasteiger partial charge is 0.416 e. The summed E-state index contributed by atoms with van der Waals surface area (Å²) in [6.45, 7) is 8.18. The van der Waals surface area contributed by atoms with Gasteiger partial charge < -0.3 is 36.7 Å². The number of carbonyl (C=O) groups excluding carboxylic acids is 2. The number of nitrogens with two attached hydrogens (primary N) is 1. The molecule has 0 saturated carbocycles. The number of urea groups is 1. The Morgan fingerprint density at radius 1 is 1.16 bits per heavy atom. The third-order valence-corrected chi connectivity index (χ3v) is 6.86. The summed E-state index contributed by atoms with van der Waals surface area (Å²) < 4.78 is 44.4. The van der Waals surface area contributed by atoms with Gasteiger partial charge in [-0.3, -0.25) is 0 Å². The predicted molar refractivity (Wildman–Crippen MR) is 157 cm³/mol. The highest BCUT2D eigenvalue weighted by Crippen LogP contribution is 2.32. The number of allylic oxidation sites excluding steroid dienone is 3. The van der Waals surface area contributed by atoms with Crippen molar-refractivity contribution >= 4 is 35.2 Å². The minimum atomic E-state index is -4.53. The van der Waals surface area contributed by atoms with Crippen LogP contribution in [-0.2, 0) is 10.9 Å². The highest BCUT2D eigenvalue weighted by atomic mass is 19.4. The van der Waals surface area contributed by atoms with Crippen LogP contribution in [0.3, 0.4) is 0 Å². The first-order valence-corrected chi connectivity index (χ1v) is 13.7. The van der Waals surface area contributed by atoms with Crippen LogP contribution in [0.25, 0.3) is 0 Å². The van der Waals surface area contributed by atoms with Gasteiger partial charge in [-0.1, -0.05) is 25.1 Å². The Bertz CT molecular complexity index is 1450. The Hall–Kier alpha value is -4.62. The molecule has 2 aromatic rings. The van der Waals surface area contributed by atoms with E-state index in [4.69, 9.17) is 15.9 Å². The van der Waals surface area contributed by atoms with Crippen molar-refractivity contribution in [1.29, 1.82) is 5.41 Å². The zero-order valence-corrected chi connectivity index (χ0v) is 24.2. The molecule has 3 amide bonds. The molecule has 2 aliphatic rings. The number of likely N-dealkylation sites (tertiary alicyclic amines) is 1. The van der Waals surface area contributed by atoms with E-state index < -0.39 is 35.4 Å². The number of halogens is 3. The molecule has 3 atom stereocenters. The Morgan fingerprint density at radius 2 is 1.91 bits per heavy atom. The number of amides is 3. The van der Waals surface area contributed by atoms with Crippen molar-refractivity contribution in [3.8, 4) is 0 Å². The van der Waals surface area contributed by atoms with E-state index in [1.165, 1.54) is 18.5 Å². The topological polar surface area (TPSA) is 158 Å². The van der Waals surface area contributed by atoms with Crippen molar-refractivity contribution in [1.82, 2.24) is 20.2 Å². The van der Waals surface area contributed by atoms with Gasteiger partial charge in [0.05, 0.1) is 16.8 Å². The predicted octanol–water partition coefficient (Wildman–Crippen LogP) is 5.39. The maximum absolute atomic E-state index is 13.0. The Labute approximate surface area is 247 Å². The largest absolute Gasteiger partial charge is 0.444 e. The summed E-state index contributed by atoms with van der Waals surface area (Å²) in [5, 5.41) is 17.3. The molecule has 6 N–H and O–H groups in total. The molecule has 11 nitrogen and oxygen atoms in total. The Kier molecular flexibility index (Phi) is 8.97. The lowest BCUT2D eigenvalue weighted by Gasteiger charge is -2.26. The van der Waals surface area contributed by atoms with Crippen molar-refractivity contribution in [3.05, 3.63) is 65.6 Å². The normalized spacial score (nSPS) is 20.3. The fourth-order valence-corrected chi connectivity index (χ4v) is 4.84. The molecule has 0 radical (unpaired) electrons. The van der Waals surface area contributed by atoms with Crippen LogP contribution >= 0.6 is 0 Å². The van der Waals surface area contributed by atoms with Gasteiger partial charge in [0.1, 0.15) is 23.6 Å². The van der Waals surface area contributed by atoms with Crippen LogP contribution in [0.5, 0.6) is 0 Å². The van der Waals surface area contributed by atoms with Crippen LogP contribution in [0.4, 0.5) is 40.1 Å². The van der Waals surface area contributed by atoms with Gasteiger partial charge in [0.2, 0.25) is 0 Å². The molecule has 4 rings (SSSR count). The summed E-state index contributed by atoms with van der Waals surface area (Å²) in [5.74, 6) is -0.198. The molecule has 1 aromatic carbocycles. The monoisotopic (exact) mass is 600 g/mol. The first kappa shape index (κ1) is 31.3. The maximum Gasteiger partial charge on any atom is 0.416 e. The number of anilines is 3. The molecular formula is C29H35F3N8O3. The van der Waals surface area contributed by atoms with Crippen LogP contribution in [-0.4, -0.2) is 57.4 Å². The minimum Gasteiger partial charge on any atom is -0.444 e. The van der Waals surface area contributed by atoms with Crippen LogP contribution < -0.4 is 21.7 Å². The number of ether oxygens (including phenoxy) is 1. The number of hydrogen-bond acceptors (Lipinski definition) is 8. The van der Waals surface area contributed by atoms with E-state index in [0.29, 0.717) is 36.6 Å². The lowest BCUT2D eigenvalue weighted by atomic mass is 9.82. The lowest BCUT2D eigenvalue weighted by Crippen LogP contribution is -2.37. The standard InChI is InChI=1S/C29H35F3N8O3/c1-16-12-19(39-26(41)38-18-7-5-6-17(13-18)29(30,31)32)8-9-21(16)23(33)22-24(34)35-15-36-25(22)37-20-10-11-40(14-20)27(42)43-28(2,3)4/h5-9,12-13,15-16,20-21,33H,10-11,14H2,1-4H3,(H2,38,39,41)(H3,34,35,36,37)/t16?,20-,21?/m0/s1. The lowest BCUT2D eigenvalue weighted by molar-refractivity contribution is -0.137. The average Bonchev–Trinajstić information content (AvgIpc) is 3.36. The maximum atomic E-state index is 13.0. The number of rotatable bonds is 6. The van der Waals surface area contributed by atoms with E-state index in [1.807, 2.05) is 27.7 Å². The van der Waals surface area contributed by atoms with E-state index in [9.17, 15) is 22.8 Å². The number of nitrogens with zero attached hydrogens (tertiary/aromatic N) is 3. The summed E-state index contributed by atoms with van der Waals surface area (Å²) in [6.07, 6.45) is 2.13. The van der Waals surface area contributed by atoms with Crippen molar-refractivity contribution < 1.29 is 27.5 Å². The summed E-state index contributed by atoms with van der Waals surface area (Å²) in [7, 11) is 0. The molecule has 1 aromatic heterocycles. The number of alkyl halides is 3. The van der Waals surface area contributed by atoms with E-state index >= 15 is 0 Å². The first-order valence-electron chi connectivity index (χ1n) is 13.7. The third kappa shape index (κ3) is 8.02. The average molecular weight is 601 g/mol. The SMILES string of the molecule is CC1C=C(NC(=O)Nc2cccc(C(F)(F)F)c2)C=CC1C(=N)c1c(N)ncnc1N[C@H]1CCN(C(=O)OC(C)(C)C)C1. The van der Waals surface area contributed by atoms with E-state index in [0.717, 1.165) is 12.1 Å². The van der Waals surface area contributed by atoms with Crippen molar-refractivity contribution in [2.24, 2.45) is 11.8 Å². The Balaban J connectivity index is 1.40. The number of hydrogen-bond donors (Lipinski definition) is 5. The fraction of sp³-hybridized carbons (Fsp3) is 0.414.